The highest BCUT2D eigenvalue weighted by atomic mass is 19.1. The van der Waals surface area contributed by atoms with Crippen molar-refractivity contribution in [2.24, 2.45) is 0 Å². The molecule has 2 aromatic carbocycles. The van der Waals surface area contributed by atoms with Crippen LogP contribution < -0.4 is 14.8 Å². The fourth-order valence-corrected chi connectivity index (χ4v) is 2.54. The quantitative estimate of drug-likeness (QED) is 0.534. The number of pyridine rings is 1. The second kappa shape index (κ2) is 10.2. The van der Waals surface area contributed by atoms with E-state index in [0.717, 1.165) is 5.56 Å². The van der Waals surface area contributed by atoms with E-state index < -0.39 is 0 Å². The Balaban J connectivity index is 1.43. The molecule has 0 unspecified atom stereocenters. The molecule has 1 heterocycles. The number of carbonyl (C=O) groups excluding carboxylic acids is 2. The van der Waals surface area contributed by atoms with Gasteiger partial charge >= 0.3 is 0 Å². The predicted octanol–water partition coefficient (Wildman–Crippen LogP) is 4.30. The summed E-state index contributed by atoms with van der Waals surface area (Å²) in [6, 6.07) is 15.8. The first-order valence-electron chi connectivity index (χ1n) is 9.44. The first-order chi connectivity index (χ1) is 14.5. The van der Waals surface area contributed by atoms with Crippen LogP contribution >= 0.6 is 0 Å². The molecule has 0 aliphatic carbocycles. The molecule has 0 radical (unpaired) electrons. The zero-order valence-electron chi connectivity index (χ0n) is 16.4. The van der Waals surface area contributed by atoms with Gasteiger partial charge in [0, 0.05) is 30.8 Å². The van der Waals surface area contributed by atoms with Gasteiger partial charge in [0.1, 0.15) is 17.3 Å². The SMILES string of the molecule is CCC(=O)c1ccc(OCC(=O)NCc2ccc(Oc3ccc(F)cc3)nc2)cc1. The van der Waals surface area contributed by atoms with Crippen LogP contribution in [-0.2, 0) is 11.3 Å². The van der Waals surface area contributed by atoms with Gasteiger partial charge in [-0.3, -0.25) is 9.59 Å². The van der Waals surface area contributed by atoms with Crippen LogP contribution in [0.2, 0.25) is 0 Å². The summed E-state index contributed by atoms with van der Waals surface area (Å²) < 4.78 is 23.9. The number of Topliss-reactive ketones (excluding diaryl/α,β-unsaturated/α-hetero) is 1. The third-order valence-corrected chi connectivity index (χ3v) is 4.19. The molecule has 0 saturated carbocycles. The normalized spacial score (nSPS) is 10.3. The van der Waals surface area contributed by atoms with Gasteiger partial charge in [0.2, 0.25) is 5.88 Å². The number of amides is 1. The molecule has 3 rings (SSSR count). The summed E-state index contributed by atoms with van der Waals surface area (Å²) in [6.07, 6.45) is 2.03. The topological polar surface area (TPSA) is 77.5 Å². The number of rotatable bonds is 9. The van der Waals surface area contributed by atoms with Crippen LogP contribution in [0.5, 0.6) is 17.4 Å². The highest BCUT2D eigenvalue weighted by molar-refractivity contribution is 5.95. The van der Waals surface area contributed by atoms with E-state index in [1.807, 2.05) is 0 Å². The highest BCUT2D eigenvalue weighted by Gasteiger charge is 2.06. The zero-order chi connectivity index (χ0) is 21.3. The van der Waals surface area contributed by atoms with Crippen LogP contribution in [0.1, 0.15) is 29.3 Å². The standard InChI is InChI=1S/C23H21FN2O4/c1-2-21(27)17-4-8-19(9-5-17)29-15-22(28)25-13-16-3-12-23(26-14-16)30-20-10-6-18(24)7-11-20/h3-12,14H,2,13,15H2,1H3,(H,25,28). The Bertz CT molecular complexity index is 987. The Morgan fingerprint density at radius 1 is 0.967 bits per heavy atom. The van der Waals surface area contributed by atoms with Crippen molar-refractivity contribution in [2.45, 2.75) is 19.9 Å². The number of carbonyl (C=O) groups is 2. The summed E-state index contributed by atoms with van der Waals surface area (Å²) in [5.74, 6) is 0.798. The average Bonchev–Trinajstić information content (AvgIpc) is 2.78. The Labute approximate surface area is 173 Å². The van der Waals surface area contributed by atoms with Gasteiger partial charge in [-0.2, -0.15) is 0 Å². The van der Waals surface area contributed by atoms with Crippen molar-refractivity contribution < 1.29 is 23.5 Å². The lowest BCUT2D eigenvalue weighted by molar-refractivity contribution is -0.123. The monoisotopic (exact) mass is 408 g/mol. The first kappa shape index (κ1) is 21.0. The van der Waals surface area contributed by atoms with E-state index in [9.17, 15) is 14.0 Å². The highest BCUT2D eigenvalue weighted by Crippen LogP contribution is 2.19. The molecule has 0 aliphatic heterocycles. The molecular formula is C23H21FN2O4. The first-order valence-corrected chi connectivity index (χ1v) is 9.44. The van der Waals surface area contributed by atoms with Crippen molar-refractivity contribution in [3.05, 3.63) is 83.8 Å². The second-order valence-corrected chi connectivity index (χ2v) is 6.43. The summed E-state index contributed by atoms with van der Waals surface area (Å²) >= 11 is 0. The lowest BCUT2D eigenvalue weighted by atomic mass is 10.1. The third-order valence-electron chi connectivity index (χ3n) is 4.19. The number of hydrogen-bond donors (Lipinski definition) is 1. The summed E-state index contributed by atoms with van der Waals surface area (Å²) in [7, 11) is 0. The molecule has 1 aromatic heterocycles. The van der Waals surface area contributed by atoms with Gasteiger partial charge in [0.25, 0.3) is 5.91 Å². The minimum Gasteiger partial charge on any atom is -0.484 e. The molecule has 1 amide bonds. The van der Waals surface area contributed by atoms with Gasteiger partial charge in [0.05, 0.1) is 0 Å². The molecule has 0 bridgehead atoms. The fraction of sp³-hybridized carbons (Fsp3) is 0.174. The number of benzene rings is 2. The van der Waals surface area contributed by atoms with E-state index in [-0.39, 0.29) is 30.7 Å². The maximum atomic E-state index is 12.9. The Morgan fingerprint density at radius 3 is 2.30 bits per heavy atom. The smallest absolute Gasteiger partial charge is 0.258 e. The van der Waals surface area contributed by atoms with E-state index in [1.165, 1.54) is 24.3 Å². The third kappa shape index (κ3) is 6.13. The van der Waals surface area contributed by atoms with Crippen LogP contribution in [-0.4, -0.2) is 23.3 Å². The molecule has 6 nitrogen and oxygen atoms in total. The minimum atomic E-state index is -0.339. The van der Waals surface area contributed by atoms with Crippen molar-refractivity contribution in [1.29, 1.82) is 0 Å². The van der Waals surface area contributed by atoms with Gasteiger partial charge in [-0.1, -0.05) is 13.0 Å². The molecule has 154 valence electrons. The van der Waals surface area contributed by atoms with E-state index in [2.05, 4.69) is 10.3 Å². The van der Waals surface area contributed by atoms with Crippen molar-refractivity contribution in [2.75, 3.05) is 6.61 Å². The van der Waals surface area contributed by atoms with Crippen molar-refractivity contribution >= 4 is 11.7 Å². The van der Waals surface area contributed by atoms with Crippen LogP contribution in [0, 0.1) is 5.82 Å². The maximum Gasteiger partial charge on any atom is 0.258 e. The average molecular weight is 408 g/mol. The summed E-state index contributed by atoms with van der Waals surface area (Å²) in [5, 5.41) is 2.74. The Hall–Kier alpha value is -3.74. The molecule has 7 heteroatoms. The Morgan fingerprint density at radius 2 is 1.67 bits per heavy atom. The summed E-state index contributed by atoms with van der Waals surface area (Å²) in [5.41, 5.74) is 1.41. The molecule has 30 heavy (non-hydrogen) atoms. The number of nitrogens with zero attached hydrogens (tertiary/aromatic N) is 1. The van der Waals surface area contributed by atoms with Gasteiger partial charge in [0.15, 0.2) is 12.4 Å². The minimum absolute atomic E-state index is 0.0574. The number of nitrogens with one attached hydrogen (secondary N) is 1. The fourth-order valence-electron chi connectivity index (χ4n) is 2.54. The van der Waals surface area contributed by atoms with Crippen LogP contribution in [0.15, 0.2) is 66.9 Å². The van der Waals surface area contributed by atoms with Crippen LogP contribution in [0.25, 0.3) is 0 Å². The van der Waals surface area contributed by atoms with Crippen molar-refractivity contribution in [1.82, 2.24) is 10.3 Å². The van der Waals surface area contributed by atoms with Gasteiger partial charge in [-0.15, -0.1) is 0 Å². The number of halogens is 1. The van der Waals surface area contributed by atoms with Crippen molar-refractivity contribution in [3.8, 4) is 17.4 Å². The number of aromatic nitrogens is 1. The molecule has 0 atom stereocenters. The lowest BCUT2D eigenvalue weighted by Gasteiger charge is -2.09. The maximum absolute atomic E-state index is 12.9. The number of hydrogen-bond acceptors (Lipinski definition) is 5. The predicted molar refractivity (Wildman–Crippen MR) is 109 cm³/mol. The summed E-state index contributed by atoms with van der Waals surface area (Å²) in [4.78, 5) is 27.8. The molecule has 0 saturated heterocycles. The van der Waals surface area contributed by atoms with E-state index in [4.69, 9.17) is 9.47 Å². The molecule has 1 N–H and O–H groups in total. The Kier molecular flexibility index (Phi) is 7.10. The van der Waals surface area contributed by atoms with Crippen LogP contribution in [0.4, 0.5) is 4.39 Å². The molecule has 0 aliphatic rings. The number of ketones is 1. The zero-order valence-corrected chi connectivity index (χ0v) is 16.4. The molecule has 0 spiro atoms. The van der Waals surface area contributed by atoms with Gasteiger partial charge < -0.3 is 14.8 Å². The van der Waals surface area contributed by atoms with Crippen molar-refractivity contribution in [3.63, 3.8) is 0 Å². The lowest BCUT2D eigenvalue weighted by Crippen LogP contribution is -2.28. The molecule has 3 aromatic rings. The van der Waals surface area contributed by atoms with Crippen LogP contribution in [0.3, 0.4) is 0 Å². The van der Waals surface area contributed by atoms with Gasteiger partial charge in [-0.25, -0.2) is 9.37 Å². The van der Waals surface area contributed by atoms with Gasteiger partial charge in [-0.05, 0) is 54.1 Å². The number of ether oxygens (including phenoxy) is 2. The van der Waals surface area contributed by atoms with E-state index in [0.29, 0.717) is 29.4 Å². The second-order valence-electron chi connectivity index (χ2n) is 6.43. The largest absolute Gasteiger partial charge is 0.484 e. The molecule has 0 fully saturated rings. The van der Waals surface area contributed by atoms with E-state index in [1.54, 1.807) is 49.5 Å². The molecular weight excluding hydrogens is 387 g/mol. The van der Waals surface area contributed by atoms with E-state index >= 15 is 0 Å². The summed E-state index contributed by atoms with van der Waals surface area (Å²) in [6.45, 7) is 1.95.